The van der Waals surface area contributed by atoms with E-state index in [1.54, 1.807) is 11.6 Å². The lowest BCUT2D eigenvalue weighted by Gasteiger charge is -2.16. The lowest BCUT2D eigenvalue weighted by Crippen LogP contribution is -2.26. The van der Waals surface area contributed by atoms with Crippen LogP contribution < -0.4 is 4.90 Å². The molecule has 2 aromatic rings. The second-order valence-electron chi connectivity index (χ2n) is 3.42. The van der Waals surface area contributed by atoms with Crippen LogP contribution in [0.25, 0.3) is 4.96 Å². The van der Waals surface area contributed by atoms with Crippen molar-refractivity contribution in [1.29, 1.82) is 0 Å². The number of nitrogens with zero attached hydrogens (tertiary/aromatic N) is 3. The third-order valence-electron chi connectivity index (χ3n) is 2.22. The number of fused-ring (bicyclic) bond motifs is 1. The van der Waals surface area contributed by atoms with Crippen LogP contribution >= 0.6 is 11.3 Å². The van der Waals surface area contributed by atoms with E-state index in [0.717, 1.165) is 4.90 Å². The van der Waals surface area contributed by atoms with Crippen molar-refractivity contribution in [1.82, 2.24) is 9.38 Å². The van der Waals surface area contributed by atoms with E-state index in [2.05, 4.69) is 4.98 Å². The molecule has 2 aromatic heterocycles. The van der Waals surface area contributed by atoms with Crippen molar-refractivity contribution in [3.05, 3.63) is 17.3 Å². The van der Waals surface area contributed by atoms with Crippen molar-refractivity contribution in [2.75, 3.05) is 18.5 Å². The molecule has 17 heavy (non-hydrogen) atoms. The van der Waals surface area contributed by atoms with Crippen LogP contribution in [-0.4, -0.2) is 40.5 Å². The Hall–Kier alpha value is -1.70. The molecule has 2 rings (SSSR count). The van der Waals surface area contributed by atoms with Gasteiger partial charge in [-0.2, -0.15) is 0 Å². The highest BCUT2D eigenvalue weighted by Crippen LogP contribution is 2.24. The highest BCUT2D eigenvalue weighted by Gasteiger charge is 2.23. The van der Waals surface area contributed by atoms with Crippen molar-refractivity contribution in [2.45, 2.75) is 6.43 Å². The van der Waals surface area contributed by atoms with Gasteiger partial charge in [-0.25, -0.2) is 18.6 Å². The van der Waals surface area contributed by atoms with E-state index in [-0.39, 0.29) is 11.5 Å². The third-order valence-corrected chi connectivity index (χ3v) is 2.98. The summed E-state index contributed by atoms with van der Waals surface area (Å²) in [6.07, 6.45) is -0.989. The predicted molar refractivity (Wildman–Crippen MR) is 59.3 cm³/mol. The summed E-state index contributed by atoms with van der Waals surface area (Å²) in [5, 5.41) is 10.8. The Morgan fingerprint density at radius 1 is 1.71 bits per heavy atom. The fraction of sp³-hybridized carbons (Fsp3) is 0.333. The summed E-state index contributed by atoms with van der Waals surface area (Å²) in [7, 11) is 1.39. The van der Waals surface area contributed by atoms with Gasteiger partial charge < -0.3 is 10.0 Å². The summed E-state index contributed by atoms with van der Waals surface area (Å²) < 4.78 is 25.9. The molecule has 0 unspecified atom stereocenters. The number of aromatic nitrogens is 2. The van der Waals surface area contributed by atoms with Crippen LogP contribution in [0.4, 0.5) is 14.6 Å². The zero-order chi connectivity index (χ0) is 12.6. The van der Waals surface area contributed by atoms with Gasteiger partial charge in [-0.15, -0.1) is 11.3 Å². The van der Waals surface area contributed by atoms with Crippen LogP contribution in [0.1, 0.15) is 10.5 Å². The van der Waals surface area contributed by atoms with E-state index in [0.29, 0.717) is 4.96 Å². The zero-order valence-corrected chi connectivity index (χ0v) is 9.62. The van der Waals surface area contributed by atoms with E-state index in [4.69, 9.17) is 5.11 Å². The van der Waals surface area contributed by atoms with Gasteiger partial charge in [0.25, 0.3) is 6.43 Å². The Morgan fingerprint density at radius 3 is 3.00 bits per heavy atom. The highest BCUT2D eigenvalue weighted by atomic mass is 32.1. The highest BCUT2D eigenvalue weighted by molar-refractivity contribution is 7.15. The van der Waals surface area contributed by atoms with Gasteiger partial charge in [0.2, 0.25) is 0 Å². The first-order valence-corrected chi connectivity index (χ1v) is 5.56. The molecule has 1 N–H and O–H groups in total. The molecular weight excluding hydrogens is 252 g/mol. The van der Waals surface area contributed by atoms with Gasteiger partial charge in [0.05, 0.1) is 6.54 Å². The molecular formula is C9H9F2N3O2S. The normalized spacial score (nSPS) is 11.3. The Morgan fingerprint density at radius 2 is 2.41 bits per heavy atom. The number of hydrogen-bond donors (Lipinski definition) is 1. The summed E-state index contributed by atoms with van der Waals surface area (Å²) in [5.74, 6) is -1.13. The molecule has 0 aliphatic heterocycles. The van der Waals surface area contributed by atoms with Gasteiger partial charge >= 0.3 is 5.97 Å². The molecule has 0 bridgehead atoms. The number of rotatable bonds is 4. The first kappa shape index (κ1) is 11.8. The Kier molecular flexibility index (Phi) is 2.97. The number of aromatic carboxylic acids is 1. The predicted octanol–water partition coefficient (Wildman–Crippen LogP) is 1.80. The van der Waals surface area contributed by atoms with Gasteiger partial charge in [-0.1, -0.05) is 0 Å². The number of alkyl halides is 2. The fourth-order valence-electron chi connectivity index (χ4n) is 1.53. The molecule has 0 atom stereocenters. The Labute approximate surface area is 98.9 Å². The van der Waals surface area contributed by atoms with E-state index in [1.165, 1.54) is 22.8 Å². The van der Waals surface area contributed by atoms with Crippen LogP contribution in [0.5, 0.6) is 0 Å². The largest absolute Gasteiger partial charge is 0.476 e. The number of thiazole rings is 1. The maximum Gasteiger partial charge on any atom is 0.356 e. The minimum absolute atomic E-state index is 0.0599. The van der Waals surface area contributed by atoms with Crippen LogP contribution in [-0.2, 0) is 0 Å². The third kappa shape index (κ3) is 2.07. The molecule has 0 saturated carbocycles. The number of carboxylic acids is 1. The van der Waals surface area contributed by atoms with Crippen molar-refractivity contribution in [2.24, 2.45) is 0 Å². The summed E-state index contributed by atoms with van der Waals surface area (Å²) in [6, 6.07) is 0. The molecule has 0 aliphatic carbocycles. The van der Waals surface area contributed by atoms with Crippen molar-refractivity contribution in [3.8, 4) is 0 Å². The maximum atomic E-state index is 12.3. The SMILES string of the molecule is CN(CC(F)F)c1nc2sccn2c1C(=O)O. The summed E-state index contributed by atoms with van der Waals surface area (Å²) in [6.45, 7) is -0.550. The fourth-order valence-corrected chi connectivity index (χ4v) is 2.24. The topological polar surface area (TPSA) is 57.8 Å². The first-order valence-electron chi connectivity index (χ1n) is 4.69. The van der Waals surface area contributed by atoms with E-state index >= 15 is 0 Å². The average molecular weight is 261 g/mol. The summed E-state index contributed by atoms with van der Waals surface area (Å²) in [4.78, 5) is 16.8. The van der Waals surface area contributed by atoms with Gasteiger partial charge in [0.1, 0.15) is 0 Å². The second kappa shape index (κ2) is 4.28. The molecule has 0 spiro atoms. The average Bonchev–Trinajstić information content (AvgIpc) is 2.72. The number of carbonyl (C=O) groups is 1. The standard InChI is InChI=1S/C9H9F2N3O2S/c1-13(4-5(10)11)7-6(8(15)16)14-2-3-17-9(14)12-7/h2-3,5H,4H2,1H3,(H,15,16). The maximum absolute atomic E-state index is 12.3. The van der Waals surface area contributed by atoms with Gasteiger partial charge in [0, 0.05) is 18.6 Å². The molecule has 0 saturated heterocycles. The van der Waals surface area contributed by atoms with Crippen LogP contribution in [0.3, 0.4) is 0 Å². The Balaban J connectivity index is 2.48. The summed E-state index contributed by atoms with van der Waals surface area (Å²) >= 11 is 1.25. The molecule has 0 aromatic carbocycles. The molecule has 0 aliphatic rings. The monoisotopic (exact) mass is 261 g/mol. The number of carboxylic acid groups (broad SMARTS) is 1. The van der Waals surface area contributed by atoms with Crippen molar-refractivity contribution < 1.29 is 18.7 Å². The first-order chi connectivity index (χ1) is 8.00. The minimum Gasteiger partial charge on any atom is -0.476 e. The smallest absolute Gasteiger partial charge is 0.356 e. The molecule has 2 heterocycles. The Bertz CT molecular complexity index is 551. The molecule has 8 heteroatoms. The van der Waals surface area contributed by atoms with Crippen LogP contribution in [0.2, 0.25) is 0 Å². The van der Waals surface area contributed by atoms with Crippen LogP contribution in [0, 0.1) is 0 Å². The zero-order valence-electron chi connectivity index (χ0n) is 8.80. The summed E-state index contributed by atoms with van der Waals surface area (Å²) in [5.41, 5.74) is -0.0931. The number of halogens is 2. The van der Waals surface area contributed by atoms with Gasteiger partial charge in [-0.05, 0) is 0 Å². The molecule has 5 nitrogen and oxygen atoms in total. The number of anilines is 1. The molecule has 0 radical (unpaired) electrons. The number of hydrogen-bond acceptors (Lipinski definition) is 4. The van der Waals surface area contributed by atoms with Crippen molar-refractivity contribution >= 4 is 28.1 Å². The molecule has 0 fully saturated rings. The lowest BCUT2D eigenvalue weighted by atomic mass is 10.4. The van der Waals surface area contributed by atoms with Gasteiger partial charge in [0.15, 0.2) is 16.5 Å². The lowest BCUT2D eigenvalue weighted by molar-refractivity contribution is 0.0689. The van der Waals surface area contributed by atoms with E-state index in [1.807, 2.05) is 0 Å². The van der Waals surface area contributed by atoms with Crippen LogP contribution in [0.15, 0.2) is 11.6 Å². The molecule has 92 valence electrons. The van der Waals surface area contributed by atoms with E-state index < -0.39 is 18.9 Å². The van der Waals surface area contributed by atoms with Crippen molar-refractivity contribution in [3.63, 3.8) is 0 Å². The van der Waals surface area contributed by atoms with Gasteiger partial charge in [-0.3, -0.25) is 4.40 Å². The minimum atomic E-state index is -2.54. The van der Waals surface area contributed by atoms with E-state index in [9.17, 15) is 13.6 Å². The second-order valence-corrected chi connectivity index (χ2v) is 4.29. The number of imidazole rings is 1. The quantitative estimate of drug-likeness (QED) is 0.911. The molecule has 0 amide bonds.